The molecule has 0 aliphatic carbocycles. The Hall–Kier alpha value is -0.860. The molecule has 0 aromatic heterocycles. The van der Waals surface area contributed by atoms with Gasteiger partial charge in [-0.1, -0.05) is 38.1 Å². The summed E-state index contributed by atoms with van der Waals surface area (Å²) in [5, 5.41) is 0. The van der Waals surface area contributed by atoms with Gasteiger partial charge >= 0.3 is 0 Å². The van der Waals surface area contributed by atoms with Gasteiger partial charge < -0.3 is 4.90 Å². The van der Waals surface area contributed by atoms with Crippen LogP contribution in [0.2, 0.25) is 0 Å². The second-order valence-corrected chi connectivity index (χ2v) is 7.49. The lowest BCUT2D eigenvalue weighted by Gasteiger charge is -2.36. The number of benzene rings is 1. The molecule has 1 aliphatic rings. The Morgan fingerprint density at radius 3 is 2.00 bits per heavy atom. The molecule has 1 aromatic rings. The average molecular weight is 303 g/mol. The first-order valence-electron chi connectivity index (χ1n) is 9.09. The van der Waals surface area contributed by atoms with Gasteiger partial charge in [-0.25, -0.2) is 0 Å². The molecular weight excluding hydrogens is 268 g/mol. The third-order valence-corrected chi connectivity index (χ3v) is 4.74. The molecule has 0 bridgehead atoms. The highest BCUT2D eigenvalue weighted by Crippen LogP contribution is 2.12. The van der Waals surface area contributed by atoms with Gasteiger partial charge in [-0.3, -0.25) is 4.90 Å². The Morgan fingerprint density at radius 1 is 0.864 bits per heavy atom. The van der Waals surface area contributed by atoms with E-state index in [9.17, 15) is 0 Å². The lowest BCUT2D eigenvalue weighted by atomic mass is 10.0. The van der Waals surface area contributed by atoms with Crippen molar-refractivity contribution in [3.05, 3.63) is 35.4 Å². The molecule has 1 saturated heterocycles. The van der Waals surface area contributed by atoms with E-state index in [1.807, 2.05) is 0 Å². The van der Waals surface area contributed by atoms with Gasteiger partial charge in [0.15, 0.2) is 0 Å². The van der Waals surface area contributed by atoms with Crippen molar-refractivity contribution in [1.82, 2.24) is 9.80 Å². The van der Waals surface area contributed by atoms with E-state index in [0.29, 0.717) is 6.04 Å². The summed E-state index contributed by atoms with van der Waals surface area (Å²) in [5.41, 5.74) is 2.97. The fourth-order valence-corrected chi connectivity index (χ4v) is 3.32. The highest BCUT2D eigenvalue weighted by atomic mass is 15.3. The van der Waals surface area contributed by atoms with Gasteiger partial charge in [0.05, 0.1) is 0 Å². The first-order valence-corrected chi connectivity index (χ1v) is 9.09. The quantitative estimate of drug-likeness (QED) is 0.755. The van der Waals surface area contributed by atoms with Crippen LogP contribution in [-0.2, 0) is 12.8 Å². The second-order valence-electron chi connectivity index (χ2n) is 7.49. The third-order valence-electron chi connectivity index (χ3n) is 4.74. The van der Waals surface area contributed by atoms with E-state index in [4.69, 9.17) is 0 Å². The highest BCUT2D eigenvalue weighted by molar-refractivity contribution is 5.22. The SMILES string of the molecule is CC(C)Cc1ccc(CCCN2CCN(C(C)C)CC2)cc1. The first kappa shape index (κ1) is 17.5. The van der Waals surface area contributed by atoms with Gasteiger partial charge in [0.1, 0.15) is 0 Å². The van der Waals surface area contributed by atoms with Crippen molar-refractivity contribution in [1.29, 1.82) is 0 Å². The van der Waals surface area contributed by atoms with Crippen molar-refractivity contribution in [2.75, 3.05) is 32.7 Å². The topological polar surface area (TPSA) is 6.48 Å². The summed E-state index contributed by atoms with van der Waals surface area (Å²) in [6.07, 6.45) is 3.69. The van der Waals surface area contributed by atoms with Crippen molar-refractivity contribution >= 4 is 0 Å². The number of nitrogens with zero attached hydrogens (tertiary/aromatic N) is 2. The summed E-state index contributed by atoms with van der Waals surface area (Å²) in [7, 11) is 0. The van der Waals surface area contributed by atoms with Crippen molar-refractivity contribution in [2.24, 2.45) is 5.92 Å². The predicted octanol–water partition coefficient (Wildman–Crippen LogP) is 3.84. The van der Waals surface area contributed by atoms with E-state index < -0.39 is 0 Å². The maximum Gasteiger partial charge on any atom is 0.0113 e. The summed E-state index contributed by atoms with van der Waals surface area (Å²) in [6, 6.07) is 9.99. The molecule has 0 N–H and O–H groups in total. The highest BCUT2D eigenvalue weighted by Gasteiger charge is 2.17. The molecule has 1 aliphatic heterocycles. The van der Waals surface area contributed by atoms with Crippen molar-refractivity contribution in [2.45, 2.75) is 53.0 Å². The number of hydrogen-bond donors (Lipinski definition) is 0. The van der Waals surface area contributed by atoms with Gasteiger partial charge in [0.25, 0.3) is 0 Å². The maximum atomic E-state index is 2.63. The molecule has 0 unspecified atom stereocenters. The molecule has 1 heterocycles. The predicted molar refractivity (Wildman–Crippen MR) is 96.5 cm³/mol. The fraction of sp³-hybridized carbons (Fsp3) is 0.700. The van der Waals surface area contributed by atoms with Gasteiger partial charge in [-0.05, 0) is 56.7 Å². The molecular formula is C20H34N2. The van der Waals surface area contributed by atoms with Gasteiger partial charge in [-0.2, -0.15) is 0 Å². The number of hydrogen-bond acceptors (Lipinski definition) is 2. The largest absolute Gasteiger partial charge is 0.301 e. The number of aryl methyl sites for hydroxylation is 1. The Kier molecular flexibility index (Phi) is 6.91. The van der Waals surface area contributed by atoms with Crippen LogP contribution < -0.4 is 0 Å². The molecule has 0 atom stereocenters. The third kappa shape index (κ3) is 5.73. The van der Waals surface area contributed by atoms with E-state index in [0.717, 1.165) is 5.92 Å². The molecule has 2 heteroatoms. The molecule has 0 amide bonds. The van der Waals surface area contributed by atoms with Crippen molar-refractivity contribution < 1.29 is 0 Å². The first-order chi connectivity index (χ1) is 10.5. The summed E-state index contributed by atoms with van der Waals surface area (Å²) in [6.45, 7) is 15.4. The lowest BCUT2D eigenvalue weighted by molar-refractivity contribution is 0.108. The van der Waals surface area contributed by atoms with Crippen molar-refractivity contribution in [3.63, 3.8) is 0 Å². The Balaban J connectivity index is 1.66. The second kappa shape index (κ2) is 8.69. The van der Waals surface area contributed by atoms with E-state index in [-0.39, 0.29) is 0 Å². The van der Waals surface area contributed by atoms with E-state index in [1.54, 1.807) is 0 Å². The summed E-state index contributed by atoms with van der Waals surface area (Å²) in [5.74, 6) is 0.746. The van der Waals surface area contributed by atoms with Gasteiger partial charge in [0, 0.05) is 32.2 Å². The Bertz CT molecular complexity index is 414. The van der Waals surface area contributed by atoms with Crippen LogP contribution in [0.15, 0.2) is 24.3 Å². The van der Waals surface area contributed by atoms with Crippen LogP contribution in [0.1, 0.15) is 45.2 Å². The maximum absolute atomic E-state index is 2.63. The minimum absolute atomic E-state index is 0.700. The van der Waals surface area contributed by atoms with Crippen LogP contribution >= 0.6 is 0 Å². The van der Waals surface area contributed by atoms with Gasteiger partial charge in [0.2, 0.25) is 0 Å². The lowest BCUT2D eigenvalue weighted by Crippen LogP contribution is -2.48. The average Bonchev–Trinajstić information content (AvgIpc) is 2.49. The molecule has 2 nitrogen and oxygen atoms in total. The molecule has 0 saturated carbocycles. The summed E-state index contributed by atoms with van der Waals surface area (Å²) < 4.78 is 0. The fourth-order valence-electron chi connectivity index (χ4n) is 3.32. The molecule has 22 heavy (non-hydrogen) atoms. The van der Waals surface area contributed by atoms with Crippen LogP contribution in [0.25, 0.3) is 0 Å². The zero-order valence-electron chi connectivity index (χ0n) is 15.0. The van der Waals surface area contributed by atoms with Gasteiger partial charge in [-0.15, -0.1) is 0 Å². The molecule has 1 fully saturated rings. The van der Waals surface area contributed by atoms with E-state index >= 15 is 0 Å². The molecule has 2 rings (SSSR count). The number of piperazine rings is 1. The zero-order valence-corrected chi connectivity index (χ0v) is 15.0. The number of rotatable bonds is 7. The molecule has 124 valence electrons. The van der Waals surface area contributed by atoms with Crippen LogP contribution in [-0.4, -0.2) is 48.6 Å². The molecule has 0 radical (unpaired) electrons. The van der Waals surface area contributed by atoms with Crippen LogP contribution in [0.5, 0.6) is 0 Å². The van der Waals surface area contributed by atoms with Crippen LogP contribution in [0.4, 0.5) is 0 Å². The van der Waals surface area contributed by atoms with Crippen molar-refractivity contribution in [3.8, 4) is 0 Å². The minimum atomic E-state index is 0.700. The van der Waals surface area contributed by atoms with Crippen LogP contribution in [0.3, 0.4) is 0 Å². The standard InChI is InChI=1S/C20H34N2/c1-17(2)16-20-9-7-19(8-10-20)6-5-11-21-12-14-22(15-13-21)18(3)4/h7-10,17-18H,5-6,11-16H2,1-4H3. The monoisotopic (exact) mass is 302 g/mol. The Morgan fingerprint density at radius 2 is 1.45 bits per heavy atom. The van der Waals surface area contributed by atoms with Crippen LogP contribution in [0, 0.1) is 5.92 Å². The van der Waals surface area contributed by atoms with E-state index in [1.165, 1.54) is 63.1 Å². The Labute approximate surface area is 137 Å². The normalized spacial score (nSPS) is 17.5. The zero-order chi connectivity index (χ0) is 15.9. The minimum Gasteiger partial charge on any atom is -0.301 e. The smallest absolute Gasteiger partial charge is 0.0113 e. The molecule has 0 spiro atoms. The van der Waals surface area contributed by atoms with E-state index in [2.05, 4.69) is 61.8 Å². The summed E-state index contributed by atoms with van der Waals surface area (Å²) in [4.78, 5) is 5.22. The summed E-state index contributed by atoms with van der Waals surface area (Å²) >= 11 is 0. The molecule has 1 aromatic carbocycles.